The van der Waals surface area contributed by atoms with Crippen LogP contribution in [0.3, 0.4) is 0 Å². The summed E-state index contributed by atoms with van der Waals surface area (Å²) < 4.78 is 0. The fraction of sp³-hybridized carbons (Fsp3) is 0.571. The monoisotopic (exact) mass is 378 g/mol. The van der Waals surface area contributed by atoms with Gasteiger partial charge in [-0.3, -0.25) is 0 Å². The van der Waals surface area contributed by atoms with E-state index in [4.69, 9.17) is 11.6 Å². The Balaban J connectivity index is 0.000000522. The highest BCUT2D eigenvalue weighted by Crippen LogP contribution is 2.15. The molecule has 0 saturated heterocycles. The molecule has 0 atom stereocenters. The van der Waals surface area contributed by atoms with E-state index in [9.17, 15) is 0 Å². The number of halogens is 1. The van der Waals surface area contributed by atoms with Gasteiger partial charge in [-0.15, -0.1) is 0 Å². The second-order valence-corrected chi connectivity index (χ2v) is 6.12. The molecule has 1 aliphatic carbocycles. The number of aromatic nitrogens is 3. The number of anilines is 1. The number of nitrogens with zero attached hydrogens (tertiary/aromatic N) is 3. The Morgan fingerprint density at radius 2 is 1.46 bits per heavy atom. The summed E-state index contributed by atoms with van der Waals surface area (Å²) in [5.74, 6) is 0.977. The smallest absolute Gasteiger partial charge is 0.231 e. The summed E-state index contributed by atoms with van der Waals surface area (Å²) in [6.45, 7) is 11.4. The van der Waals surface area contributed by atoms with E-state index < -0.39 is 0 Å². The van der Waals surface area contributed by atoms with Crippen LogP contribution in [0.5, 0.6) is 0 Å². The van der Waals surface area contributed by atoms with E-state index in [-0.39, 0.29) is 5.28 Å². The first-order valence-electron chi connectivity index (χ1n) is 9.76. The molecule has 26 heavy (non-hydrogen) atoms. The van der Waals surface area contributed by atoms with Crippen molar-refractivity contribution in [2.75, 3.05) is 5.32 Å². The van der Waals surface area contributed by atoms with E-state index in [1.807, 2.05) is 39.0 Å². The molecule has 0 bridgehead atoms. The lowest BCUT2D eigenvalue weighted by Crippen LogP contribution is -2.04. The topological polar surface area (TPSA) is 50.7 Å². The number of allylic oxidation sites excluding steroid dienone is 4. The average molecular weight is 379 g/mol. The molecule has 0 aliphatic heterocycles. The zero-order valence-corrected chi connectivity index (χ0v) is 17.6. The lowest BCUT2D eigenvalue weighted by Gasteiger charge is -2.05. The zero-order valence-electron chi connectivity index (χ0n) is 16.9. The number of nitrogens with one attached hydrogen (secondary N) is 1. The Labute approximate surface area is 164 Å². The molecule has 1 heterocycles. The summed E-state index contributed by atoms with van der Waals surface area (Å²) in [7, 11) is 0. The molecule has 1 aromatic heterocycles. The predicted octanol–water partition coefficient (Wildman–Crippen LogP) is 7.04. The number of aryl methyl sites for hydroxylation is 1. The second-order valence-electron chi connectivity index (χ2n) is 5.78. The Morgan fingerprint density at radius 3 is 1.85 bits per heavy atom. The highest BCUT2D eigenvalue weighted by atomic mass is 35.5. The van der Waals surface area contributed by atoms with Gasteiger partial charge in [0.1, 0.15) is 5.82 Å². The number of rotatable bonds is 4. The first kappa shape index (κ1) is 24.3. The van der Waals surface area contributed by atoms with E-state index in [0.29, 0.717) is 11.8 Å². The van der Waals surface area contributed by atoms with Gasteiger partial charge in [-0.1, -0.05) is 83.9 Å². The van der Waals surface area contributed by atoms with Crippen molar-refractivity contribution in [3.63, 3.8) is 0 Å². The maximum Gasteiger partial charge on any atom is 0.231 e. The summed E-state index contributed by atoms with van der Waals surface area (Å²) >= 11 is 5.72. The molecular weight excluding hydrogens is 344 g/mol. The van der Waals surface area contributed by atoms with E-state index in [1.54, 1.807) is 13.0 Å². The van der Waals surface area contributed by atoms with Gasteiger partial charge in [-0.25, -0.2) is 4.98 Å². The highest BCUT2D eigenvalue weighted by molar-refractivity contribution is 6.28. The number of hydrogen-bond acceptors (Lipinski definition) is 4. The van der Waals surface area contributed by atoms with E-state index >= 15 is 0 Å². The lowest BCUT2D eigenvalue weighted by atomic mass is 10.0. The van der Waals surface area contributed by atoms with E-state index in [2.05, 4.69) is 26.8 Å². The first-order chi connectivity index (χ1) is 12.7. The molecule has 4 nitrogen and oxygen atoms in total. The lowest BCUT2D eigenvalue weighted by molar-refractivity contribution is 0.504. The minimum absolute atomic E-state index is 0.171. The molecule has 1 N–H and O–H groups in total. The molecule has 0 amide bonds. The SMILES string of the molecule is C1CCCCCCC1.C=C/C(=C\C=C/C)Nc1nc(C)nc(Cl)n1.CC. The second kappa shape index (κ2) is 16.8. The summed E-state index contributed by atoms with van der Waals surface area (Å²) in [6.07, 6.45) is 19.3. The molecule has 146 valence electrons. The molecule has 1 saturated carbocycles. The van der Waals surface area contributed by atoms with Crippen molar-refractivity contribution in [1.82, 2.24) is 15.0 Å². The van der Waals surface area contributed by atoms with Gasteiger partial charge in [-0.05, 0) is 37.6 Å². The molecule has 1 fully saturated rings. The van der Waals surface area contributed by atoms with Crippen molar-refractivity contribution in [2.24, 2.45) is 0 Å². The van der Waals surface area contributed by atoms with E-state index in [1.165, 1.54) is 51.4 Å². The van der Waals surface area contributed by atoms with Crippen molar-refractivity contribution < 1.29 is 0 Å². The van der Waals surface area contributed by atoms with Gasteiger partial charge in [0.25, 0.3) is 0 Å². The van der Waals surface area contributed by atoms with Crippen LogP contribution >= 0.6 is 11.6 Å². The third-order valence-electron chi connectivity index (χ3n) is 3.66. The largest absolute Gasteiger partial charge is 0.324 e. The van der Waals surface area contributed by atoms with E-state index in [0.717, 1.165) is 5.70 Å². The molecule has 5 heteroatoms. The highest BCUT2D eigenvalue weighted by Gasteiger charge is 2.01. The molecule has 1 aromatic rings. The molecular formula is C21H35ClN4. The predicted molar refractivity (Wildman–Crippen MR) is 115 cm³/mol. The van der Waals surface area contributed by atoms with Crippen LogP contribution in [-0.4, -0.2) is 15.0 Å². The van der Waals surface area contributed by atoms with Gasteiger partial charge >= 0.3 is 0 Å². The van der Waals surface area contributed by atoms with Crippen LogP contribution < -0.4 is 5.32 Å². The summed E-state index contributed by atoms with van der Waals surface area (Å²) in [5.41, 5.74) is 0.791. The van der Waals surface area contributed by atoms with Crippen LogP contribution in [-0.2, 0) is 0 Å². The normalized spacial score (nSPS) is 14.9. The summed E-state index contributed by atoms with van der Waals surface area (Å²) in [5, 5.41) is 3.16. The van der Waals surface area contributed by atoms with Crippen LogP contribution in [0.15, 0.2) is 36.6 Å². The van der Waals surface area contributed by atoms with Crippen LogP contribution in [0, 0.1) is 6.92 Å². The van der Waals surface area contributed by atoms with Crippen LogP contribution in [0.1, 0.15) is 78.0 Å². The molecule has 0 unspecified atom stereocenters. The minimum Gasteiger partial charge on any atom is -0.324 e. The third kappa shape index (κ3) is 12.6. The maximum atomic E-state index is 5.72. The maximum absolute atomic E-state index is 5.72. The fourth-order valence-electron chi connectivity index (χ4n) is 2.41. The summed E-state index contributed by atoms with van der Waals surface area (Å²) in [6, 6.07) is 0. The molecule has 0 aromatic carbocycles. The quantitative estimate of drug-likeness (QED) is 0.571. The Morgan fingerprint density at radius 1 is 0.962 bits per heavy atom. The Hall–Kier alpha value is -1.68. The van der Waals surface area contributed by atoms with Crippen LogP contribution in [0.4, 0.5) is 5.95 Å². The van der Waals surface area contributed by atoms with Crippen LogP contribution in [0.25, 0.3) is 0 Å². The van der Waals surface area contributed by atoms with Crippen molar-refractivity contribution >= 4 is 17.5 Å². The molecule has 2 rings (SSSR count). The molecule has 0 spiro atoms. The van der Waals surface area contributed by atoms with Crippen molar-refractivity contribution in [1.29, 1.82) is 0 Å². The Bertz CT molecular complexity index is 509. The van der Waals surface area contributed by atoms with Crippen molar-refractivity contribution in [2.45, 2.75) is 79.1 Å². The standard InChI is InChI=1S/C11H13ClN4.C8H16.C2H6/c1-4-6-7-9(5-2)15-11-14-8(3)13-10(12)16-11;1-2-4-6-8-7-5-3-1;1-2/h4-7H,2H2,1,3H3,(H,13,14,15,16);1-8H2;1-2H3/b6-4-,9-7+;;. The summed E-state index contributed by atoms with van der Waals surface area (Å²) in [4.78, 5) is 11.9. The van der Waals surface area contributed by atoms with Crippen molar-refractivity contribution in [3.05, 3.63) is 47.7 Å². The van der Waals surface area contributed by atoms with Crippen molar-refractivity contribution in [3.8, 4) is 0 Å². The fourth-order valence-corrected chi connectivity index (χ4v) is 2.61. The molecule has 1 aliphatic rings. The van der Waals surface area contributed by atoms with Gasteiger partial charge in [0, 0.05) is 5.70 Å². The van der Waals surface area contributed by atoms with Gasteiger partial charge in [0.15, 0.2) is 0 Å². The van der Waals surface area contributed by atoms with Gasteiger partial charge in [-0.2, -0.15) is 9.97 Å². The van der Waals surface area contributed by atoms with Crippen LogP contribution in [0.2, 0.25) is 5.28 Å². The van der Waals surface area contributed by atoms with Gasteiger partial charge in [0.2, 0.25) is 11.2 Å². The van der Waals surface area contributed by atoms with Gasteiger partial charge < -0.3 is 5.32 Å². The third-order valence-corrected chi connectivity index (χ3v) is 3.83. The average Bonchev–Trinajstić information content (AvgIpc) is 2.59. The number of hydrogen-bond donors (Lipinski definition) is 1. The van der Waals surface area contributed by atoms with Gasteiger partial charge in [0.05, 0.1) is 0 Å². The first-order valence-corrected chi connectivity index (χ1v) is 10.1. The zero-order chi connectivity index (χ0) is 19.6. The Kier molecular flexibility index (Phi) is 15.7. The minimum atomic E-state index is 0.171. The molecule has 0 radical (unpaired) electrons.